The van der Waals surface area contributed by atoms with Gasteiger partial charge in [0.25, 0.3) is 5.91 Å². The summed E-state index contributed by atoms with van der Waals surface area (Å²) in [6.07, 6.45) is -5.85. The number of carbonyl (C=O) groups is 3. The zero-order valence-electron chi connectivity index (χ0n) is 17.8. The van der Waals surface area contributed by atoms with Crippen molar-refractivity contribution in [2.75, 3.05) is 6.61 Å². The lowest BCUT2D eigenvalue weighted by Crippen LogP contribution is -2.40. The number of ketones is 2. The number of ether oxygens (including phenoxy) is 1. The van der Waals surface area contributed by atoms with Gasteiger partial charge in [-0.2, -0.15) is 13.2 Å². The molecule has 2 aromatic carbocycles. The van der Waals surface area contributed by atoms with E-state index in [-0.39, 0.29) is 11.3 Å². The third-order valence-electron chi connectivity index (χ3n) is 4.81. The zero-order chi connectivity index (χ0) is 24.8. The Kier molecular flexibility index (Phi) is 8.67. The van der Waals surface area contributed by atoms with Crippen LogP contribution in [-0.2, 0) is 14.4 Å². The van der Waals surface area contributed by atoms with Gasteiger partial charge in [0, 0.05) is 30.5 Å². The minimum atomic E-state index is -5.10. The molecule has 10 heteroatoms. The predicted octanol–water partition coefficient (Wildman–Crippen LogP) is 4.56. The fourth-order valence-corrected chi connectivity index (χ4v) is 3.13. The van der Waals surface area contributed by atoms with E-state index in [2.05, 4.69) is 5.32 Å². The molecular formula is C23H22F5NO4. The maximum Gasteiger partial charge on any atom is 0.450 e. The summed E-state index contributed by atoms with van der Waals surface area (Å²) in [6.45, 7) is 2.07. The first-order chi connectivity index (χ1) is 15.4. The first-order valence-corrected chi connectivity index (χ1v) is 9.95. The summed E-state index contributed by atoms with van der Waals surface area (Å²) in [4.78, 5) is 37.1. The van der Waals surface area contributed by atoms with Crippen molar-refractivity contribution in [2.45, 2.75) is 32.5 Å². The van der Waals surface area contributed by atoms with Crippen LogP contribution in [0.4, 0.5) is 22.0 Å². The highest BCUT2D eigenvalue weighted by atomic mass is 19.4. The third kappa shape index (κ3) is 7.65. The summed E-state index contributed by atoms with van der Waals surface area (Å²) < 4.78 is 70.4. The maximum absolute atomic E-state index is 13.3. The van der Waals surface area contributed by atoms with Gasteiger partial charge in [-0.1, -0.05) is 44.2 Å². The normalized spacial score (nSPS) is 13.3. The van der Waals surface area contributed by atoms with Crippen LogP contribution in [0.2, 0.25) is 0 Å². The first-order valence-electron chi connectivity index (χ1n) is 9.95. The van der Waals surface area contributed by atoms with E-state index in [4.69, 9.17) is 4.74 Å². The molecule has 1 N–H and O–H groups in total. The fraction of sp³-hybridized carbons (Fsp3) is 0.348. The van der Waals surface area contributed by atoms with Crippen LogP contribution in [0.15, 0.2) is 48.5 Å². The summed E-state index contributed by atoms with van der Waals surface area (Å²) in [5.41, 5.74) is 0.287. The number of nitrogens with one attached hydrogen (secondary N) is 1. The van der Waals surface area contributed by atoms with Crippen molar-refractivity contribution in [3.05, 3.63) is 65.7 Å². The molecule has 0 radical (unpaired) electrons. The van der Waals surface area contributed by atoms with Crippen LogP contribution in [0.1, 0.15) is 31.9 Å². The van der Waals surface area contributed by atoms with Crippen molar-refractivity contribution in [3.63, 3.8) is 0 Å². The van der Waals surface area contributed by atoms with E-state index >= 15 is 0 Å². The van der Waals surface area contributed by atoms with Crippen LogP contribution >= 0.6 is 0 Å². The van der Waals surface area contributed by atoms with Gasteiger partial charge in [-0.05, 0) is 11.5 Å². The molecule has 0 aromatic heterocycles. The topological polar surface area (TPSA) is 72.5 Å². The second-order valence-corrected chi connectivity index (χ2v) is 7.69. The standard InChI is InChI=1S/C23H22F5NO4/c1-13(2)18(22(32)23(26,27)28)11-19(30)21(14-6-4-3-5-7-14)29-20(31)12-33-17-9-15(24)8-16(25)10-17/h3-10,13,18,21H,11-12H2,1-2H3,(H,29,31)/t18-,21-/m0/s1. The molecule has 0 saturated heterocycles. The Hall–Kier alpha value is -3.30. The van der Waals surface area contributed by atoms with Gasteiger partial charge in [-0.25, -0.2) is 8.78 Å². The van der Waals surface area contributed by atoms with E-state index < -0.39 is 66.2 Å². The first kappa shape index (κ1) is 26.0. The molecule has 33 heavy (non-hydrogen) atoms. The monoisotopic (exact) mass is 471 g/mol. The molecule has 0 spiro atoms. The molecule has 2 aromatic rings. The molecule has 5 nitrogen and oxygen atoms in total. The molecule has 0 aliphatic heterocycles. The van der Waals surface area contributed by atoms with Gasteiger partial charge in [0.15, 0.2) is 12.4 Å². The number of amides is 1. The van der Waals surface area contributed by atoms with Crippen molar-refractivity contribution in [2.24, 2.45) is 11.8 Å². The number of hydrogen-bond acceptors (Lipinski definition) is 4. The Morgan fingerprint density at radius 1 is 0.970 bits per heavy atom. The molecule has 2 rings (SSSR count). The van der Waals surface area contributed by atoms with Crippen LogP contribution in [0.3, 0.4) is 0 Å². The Bertz CT molecular complexity index is 972. The lowest BCUT2D eigenvalue weighted by atomic mass is 9.84. The van der Waals surface area contributed by atoms with E-state index in [1.165, 1.54) is 26.0 Å². The van der Waals surface area contributed by atoms with Gasteiger partial charge in [-0.15, -0.1) is 0 Å². The smallest absolute Gasteiger partial charge is 0.450 e. The van der Waals surface area contributed by atoms with Crippen molar-refractivity contribution in [1.29, 1.82) is 0 Å². The van der Waals surface area contributed by atoms with Gasteiger partial charge in [-0.3, -0.25) is 14.4 Å². The molecule has 0 saturated carbocycles. The predicted molar refractivity (Wildman–Crippen MR) is 108 cm³/mol. The highest BCUT2D eigenvalue weighted by Crippen LogP contribution is 2.30. The quantitative estimate of drug-likeness (QED) is 0.516. The summed E-state index contributed by atoms with van der Waals surface area (Å²) >= 11 is 0. The zero-order valence-corrected chi connectivity index (χ0v) is 17.8. The molecule has 178 valence electrons. The lowest BCUT2D eigenvalue weighted by molar-refractivity contribution is -0.177. The highest BCUT2D eigenvalue weighted by Gasteiger charge is 2.45. The number of alkyl halides is 3. The van der Waals surface area contributed by atoms with E-state index in [1.807, 2.05) is 0 Å². The van der Waals surface area contributed by atoms with Crippen LogP contribution in [-0.4, -0.2) is 30.3 Å². The molecule has 0 bridgehead atoms. The lowest BCUT2D eigenvalue weighted by Gasteiger charge is -2.24. The Morgan fingerprint density at radius 3 is 2.06 bits per heavy atom. The molecule has 0 aliphatic rings. The molecule has 2 atom stereocenters. The van der Waals surface area contributed by atoms with E-state index in [9.17, 15) is 36.3 Å². The molecule has 0 unspecified atom stereocenters. The molecule has 1 amide bonds. The van der Waals surface area contributed by atoms with E-state index in [0.29, 0.717) is 6.07 Å². The summed E-state index contributed by atoms with van der Waals surface area (Å²) in [6, 6.07) is 8.71. The van der Waals surface area contributed by atoms with Crippen LogP contribution in [0.5, 0.6) is 5.75 Å². The largest absolute Gasteiger partial charge is 0.484 e. The number of halogens is 5. The van der Waals surface area contributed by atoms with Gasteiger partial charge in [0.05, 0.1) is 0 Å². The van der Waals surface area contributed by atoms with Crippen molar-refractivity contribution in [1.82, 2.24) is 5.32 Å². The summed E-state index contributed by atoms with van der Waals surface area (Å²) in [5.74, 6) is -8.17. The van der Waals surface area contributed by atoms with Crippen LogP contribution in [0, 0.1) is 23.5 Å². The van der Waals surface area contributed by atoms with Crippen molar-refractivity contribution in [3.8, 4) is 5.75 Å². The van der Waals surface area contributed by atoms with Crippen molar-refractivity contribution < 1.29 is 41.1 Å². The minimum Gasteiger partial charge on any atom is -0.484 e. The average molecular weight is 471 g/mol. The maximum atomic E-state index is 13.3. The SMILES string of the molecule is CC(C)[C@H](CC(=O)[C@@H](NC(=O)COc1cc(F)cc(F)c1)c1ccccc1)C(=O)C(F)(F)F. The van der Waals surface area contributed by atoms with Gasteiger partial charge in [0.1, 0.15) is 23.4 Å². The molecule has 0 heterocycles. The summed E-state index contributed by atoms with van der Waals surface area (Å²) in [7, 11) is 0. The molecular weight excluding hydrogens is 449 g/mol. The van der Waals surface area contributed by atoms with Crippen LogP contribution in [0.25, 0.3) is 0 Å². The van der Waals surface area contributed by atoms with E-state index in [1.54, 1.807) is 18.2 Å². The minimum absolute atomic E-state index is 0.263. The van der Waals surface area contributed by atoms with Gasteiger partial charge in [0.2, 0.25) is 5.78 Å². The number of rotatable bonds is 10. The van der Waals surface area contributed by atoms with Gasteiger partial charge < -0.3 is 10.1 Å². The second kappa shape index (κ2) is 11.0. The fourth-order valence-electron chi connectivity index (χ4n) is 3.13. The number of hydrogen-bond donors (Lipinski definition) is 1. The van der Waals surface area contributed by atoms with Crippen molar-refractivity contribution >= 4 is 17.5 Å². The number of benzene rings is 2. The molecule has 0 fully saturated rings. The Labute approximate surface area is 186 Å². The number of carbonyl (C=O) groups excluding carboxylic acids is 3. The van der Waals surface area contributed by atoms with E-state index in [0.717, 1.165) is 12.1 Å². The Balaban J connectivity index is 2.18. The van der Waals surface area contributed by atoms with Crippen LogP contribution < -0.4 is 10.1 Å². The highest BCUT2D eigenvalue weighted by molar-refractivity contribution is 5.95. The van der Waals surface area contributed by atoms with Gasteiger partial charge >= 0.3 is 6.18 Å². The third-order valence-corrected chi connectivity index (χ3v) is 4.81. The second-order valence-electron chi connectivity index (χ2n) is 7.69. The number of Topliss-reactive ketones (excluding diaryl/α,β-unsaturated/α-hetero) is 2. The molecule has 0 aliphatic carbocycles. The summed E-state index contributed by atoms with van der Waals surface area (Å²) in [5, 5.41) is 2.36. The Morgan fingerprint density at radius 2 is 1.55 bits per heavy atom. The average Bonchev–Trinajstić information content (AvgIpc) is 2.72.